The van der Waals surface area contributed by atoms with Crippen LogP contribution in [0.5, 0.6) is 5.75 Å². The van der Waals surface area contributed by atoms with Gasteiger partial charge in [-0.25, -0.2) is 4.79 Å². The van der Waals surface area contributed by atoms with Crippen molar-refractivity contribution in [2.45, 2.75) is 40.7 Å². The maximum Gasteiger partial charge on any atom is 0.328 e. The number of phenolic OH excluding ortho intramolecular Hbond substituents is 1. The lowest BCUT2D eigenvalue weighted by Gasteiger charge is -2.23. The van der Waals surface area contributed by atoms with Crippen molar-refractivity contribution in [3.05, 3.63) is 51.5 Å². The Morgan fingerprint density at radius 2 is 1.81 bits per heavy atom. The number of hydrogen-bond acceptors (Lipinski definition) is 3. The minimum Gasteiger partial charge on any atom is -0.507 e. The molecule has 0 saturated carbocycles. The predicted octanol–water partition coefficient (Wildman–Crippen LogP) is 5.36. The molecular formula is C21H24BrNO3. The molecule has 2 N–H and O–H groups in total. The van der Waals surface area contributed by atoms with Crippen LogP contribution in [0, 0.1) is 19.3 Å². The normalized spacial score (nSPS) is 13.2. The lowest BCUT2D eigenvalue weighted by Crippen LogP contribution is -2.32. The minimum atomic E-state index is -0.988. The number of carboxylic acid groups (broad SMARTS) is 1. The molecule has 2 aromatic carbocycles. The molecule has 0 heterocycles. The van der Waals surface area contributed by atoms with E-state index >= 15 is 0 Å². The number of carboxylic acids is 1. The Kier molecular flexibility index (Phi) is 5.91. The summed E-state index contributed by atoms with van der Waals surface area (Å²) in [7, 11) is 0. The highest BCUT2D eigenvalue weighted by Crippen LogP contribution is 2.37. The van der Waals surface area contributed by atoms with E-state index in [9.17, 15) is 15.0 Å². The van der Waals surface area contributed by atoms with Gasteiger partial charge in [0.2, 0.25) is 0 Å². The molecule has 0 aliphatic carbocycles. The van der Waals surface area contributed by atoms with Crippen molar-refractivity contribution in [2.24, 2.45) is 10.4 Å². The molecule has 5 heteroatoms. The molecule has 0 unspecified atom stereocenters. The first-order valence-corrected chi connectivity index (χ1v) is 9.16. The van der Waals surface area contributed by atoms with Crippen LogP contribution in [0.4, 0.5) is 0 Å². The van der Waals surface area contributed by atoms with Crippen LogP contribution in [0.3, 0.4) is 0 Å². The number of halogens is 1. The highest BCUT2D eigenvalue weighted by atomic mass is 79.9. The summed E-state index contributed by atoms with van der Waals surface area (Å²) in [5, 5.41) is 20.2. The molecule has 0 aliphatic heterocycles. The van der Waals surface area contributed by atoms with Gasteiger partial charge in [-0.3, -0.25) is 4.99 Å². The number of carbonyl (C=O) groups is 1. The number of hydrogen-bond donors (Lipinski definition) is 2. The average molecular weight is 418 g/mol. The summed E-state index contributed by atoms with van der Waals surface area (Å²) in [6.07, 6.45) is 1.44. The Morgan fingerprint density at radius 3 is 2.38 bits per heavy atom. The molecule has 0 bridgehead atoms. The molecule has 1 atom stereocenters. The smallest absolute Gasteiger partial charge is 0.328 e. The molecule has 0 saturated heterocycles. The number of rotatable bonds is 4. The van der Waals surface area contributed by atoms with E-state index in [1.807, 2.05) is 58.9 Å². The molecule has 138 valence electrons. The van der Waals surface area contributed by atoms with Crippen LogP contribution < -0.4 is 0 Å². The van der Waals surface area contributed by atoms with Gasteiger partial charge in [-0.15, -0.1) is 0 Å². The molecular weight excluding hydrogens is 394 g/mol. The summed E-state index contributed by atoms with van der Waals surface area (Å²) in [6, 6.07) is 8.75. The van der Waals surface area contributed by atoms with E-state index in [1.165, 1.54) is 6.21 Å². The molecule has 0 aliphatic rings. The van der Waals surface area contributed by atoms with E-state index in [0.717, 1.165) is 21.2 Å². The second-order valence-electron chi connectivity index (χ2n) is 7.59. The van der Waals surface area contributed by atoms with E-state index < -0.39 is 17.4 Å². The van der Waals surface area contributed by atoms with Gasteiger partial charge in [-0.2, -0.15) is 0 Å². The first kappa shape index (κ1) is 20.2. The SMILES string of the molecule is Cc1ccc(C)c(-c2cc(Br)cc(C=N[C@H](C(=O)O)C(C)(C)C)c2O)c1. The predicted molar refractivity (Wildman–Crippen MR) is 109 cm³/mol. The number of aryl methyl sites for hydroxylation is 2. The lowest BCUT2D eigenvalue weighted by molar-refractivity contribution is -0.140. The number of phenols is 1. The van der Waals surface area contributed by atoms with E-state index in [0.29, 0.717) is 11.1 Å². The van der Waals surface area contributed by atoms with Crippen LogP contribution >= 0.6 is 15.9 Å². The first-order valence-electron chi connectivity index (χ1n) is 8.37. The van der Waals surface area contributed by atoms with Crippen LogP contribution in [-0.2, 0) is 4.79 Å². The molecule has 0 aromatic heterocycles. The summed E-state index contributed by atoms with van der Waals surface area (Å²) in [5.41, 5.74) is 3.71. The van der Waals surface area contributed by atoms with Crippen LogP contribution in [0.2, 0.25) is 0 Å². The van der Waals surface area contributed by atoms with Crippen LogP contribution in [0.15, 0.2) is 39.8 Å². The van der Waals surface area contributed by atoms with Crippen molar-refractivity contribution >= 4 is 28.1 Å². The fraction of sp³-hybridized carbons (Fsp3) is 0.333. The zero-order valence-corrected chi connectivity index (χ0v) is 17.3. The van der Waals surface area contributed by atoms with Gasteiger partial charge in [-0.1, -0.05) is 60.5 Å². The number of aromatic hydroxyl groups is 1. The van der Waals surface area contributed by atoms with Gasteiger partial charge in [0.25, 0.3) is 0 Å². The molecule has 0 radical (unpaired) electrons. The van der Waals surface area contributed by atoms with Gasteiger partial charge in [0.05, 0.1) is 0 Å². The Balaban J connectivity index is 2.55. The minimum absolute atomic E-state index is 0.0868. The van der Waals surface area contributed by atoms with Crippen LogP contribution in [0.1, 0.15) is 37.5 Å². The maximum absolute atomic E-state index is 11.5. The summed E-state index contributed by atoms with van der Waals surface area (Å²) in [5.74, 6) is -0.901. The molecule has 0 spiro atoms. The van der Waals surface area contributed by atoms with E-state index in [4.69, 9.17) is 0 Å². The summed E-state index contributed by atoms with van der Waals surface area (Å²) in [6.45, 7) is 9.46. The third-order valence-electron chi connectivity index (χ3n) is 4.20. The molecule has 2 rings (SSSR count). The molecule has 0 fully saturated rings. The second kappa shape index (κ2) is 7.62. The summed E-state index contributed by atoms with van der Waals surface area (Å²) < 4.78 is 0.787. The van der Waals surface area contributed by atoms with Crippen molar-refractivity contribution in [2.75, 3.05) is 0 Å². The number of benzene rings is 2. The van der Waals surface area contributed by atoms with Gasteiger partial charge in [-0.05, 0) is 42.5 Å². The lowest BCUT2D eigenvalue weighted by atomic mass is 9.87. The van der Waals surface area contributed by atoms with Crippen LogP contribution in [0.25, 0.3) is 11.1 Å². The Labute approximate surface area is 162 Å². The van der Waals surface area contributed by atoms with Gasteiger partial charge in [0.15, 0.2) is 6.04 Å². The van der Waals surface area contributed by atoms with E-state index in [-0.39, 0.29) is 5.75 Å². The largest absolute Gasteiger partial charge is 0.507 e. The fourth-order valence-corrected chi connectivity index (χ4v) is 3.24. The standard InChI is InChI=1S/C21H24BrNO3/c1-12-6-7-13(2)16(8-12)17-10-15(22)9-14(18(17)24)11-23-19(20(25)26)21(3,4)5/h6-11,19,24H,1-5H3,(H,25,26)/t19-/m1/s1. The van der Waals surface area contributed by atoms with Crippen molar-refractivity contribution in [3.63, 3.8) is 0 Å². The molecule has 26 heavy (non-hydrogen) atoms. The third-order valence-corrected chi connectivity index (χ3v) is 4.66. The third kappa shape index (κ3) is 4.52. The van der Waals surface area contributed by atoms with Crippen LogP contribution in [-0.4, -0.2) is 28.4 Å². The van der Waals surface area contributed by atoms with Gasteiger partial charge < -0.3 is 10.2 Å². The first-order chi connectivity index (χ1) is 12.0. The summed E-state index contributed by atoms with van der Waals surface area (Å²) >= 11 is 3.47. The Hall–Kier alpha value is -2.14. The quantitative estimate of drug-likeness (QED) is 0.657. The van der Waals surface area contributed by atoms with Crippen molar-refractivity contribution in [1.82, 2.24) is 0 Å². The monoisotopic (exact) mass is 417 g/mol. The average Bonchev–Trinajstić information content (AvgIpc) is 2.51. The highest BCUT2D eigenvalue weighted by Gasteiger charge is 2.30. The second-order valence-corrected chi connectivity index (χ2v) is 8.51. The molecule has 4 nitrogen and oxygen atoms in total. The maximum atomic E-state index is 11.5. The Bertz CT molecular complexity index is 866. The van der Waals surface area contributed by atoms with Gasteiger partial charge in [0.1, 0.15) is 5.75 Å². The Morgan fingerprint density at radius 1 is 1.15 bits per heavy atom. The zero-order chi connectivity index (χ0) is 19.6. The number of nitrogens with zero attached hydrogens (tertiary/aromatic N) is 1. The van der Waals surface area contributed by atoms with Gasteiger partial charge >= 0.3 is 5.97 Å². The van der Waals surface area contributed by atoms with Gasteiger partial charge in [0, 0.05) is 21.8 Å². The number of aliphatic carboxylic acids is 1. The number of aliphatic imine (C=N–C) groups is 1. The molecule has 2 aromatic rings. The van der Waals surface area contributed by atoms with E-state index in [2.05, 4.69) is 20.9 Å². The topological polar surface area (TPSA) is 69.9 Å². The fourth-order valence-electron chi connectivity index (χ4n) is 2.76. The van der Waals surface area contributed by atoms with Crippen molar-refractivity contribution in [3.8, 4) is 16.9 Å². The molecule has 0 amide bonds. The van der Waals surface area contributed by atoms with E-state index in [1.54, 1.807) is 6.07 Å². The zero-order valence-electron chi connectivity index (χ0n) is 15.7. The summed E-state index contributed by atoms with van der Waals surface area (Å²) in [4.78, 5) is 15.7. The van der Waals surface area contributed by atoms with Crippen molar-refractivity contribution in [1.29, 1.82) is 0 Å². The highest BCUT2D eigenvalue weighted by molar-refractivity contribution is 9.10. The van der Waals surface area contributed by atoms with Crippen molar-refractivity contribution < 1.29 is 15.0 Å².